The first kappa shape index (κ1) is 12.4. The lowest BCUT2D eigenvalue weighted by atomic mass is 10.1. The average Bonchev–Trinajstić information content (AvgIpc) is 2.74. The third-order valence-corrected chi connectivity index (χ3v) is 3.42. The van der Waals surface area contributed by atoms with Crippen LogP contribution in [0.15, 0.2) is 12.3 Å². The van der Waals surface area contributed by atoms with Gasteiger partial charge in [-0.05, 0) is 33.0 Å². The monoisotopic (exact) mass is 237 g/mol. The van der Waals surface area contributed by atoms with E-state index in [1.54, 1.807) is 0 Å². The number of hydrogen-bond donors (Lipinski definition) is 1. The fourth-order valence-electron chi connectivity index (χ4n) is 2.31. The molecule has 1 aliphatic rings. The summed E-state index contributed by atoms with van der Waals surface area (Å²) in [6.45, 7) is 4.64. The van der Waals surface area contributed by atoms with Crippen LogP contribution in [0.3, 0.4) is 0 Å². The fraction of sp³-hybridized carbons (Fsp3) is 0.750. The number of likely N-dealkylation sites (tertiary alicyclic amines) is 1. The number of piperidine rings is 1. The van der Waals surface area contributed by atoms with Crippen LogP contribution in [0.1, 0.15) is 18.9 Å². The predicted octanol–water partition coefficient (Wildman–Crippen LogP) is 0.664. The van der Waals surface area contributed by atoms with Crippen molar-refractivity contribution in [3.63, 3.8) is 0 Å². The Bertz CT molecular complexity index is 338. The van der Waals surface area contributed by atoms with Crippen LogP contribution in [0, 0.1) is 0 Å². The number of likely N-dealkylation sites (N-methyl/N-ethyl adjacent to an activating group) is 1. The number of nitrogen functional groups attached to an aromatic ring is 1. The summed E-state index contributed by atoms with van der Waals surface area (Å²) in [6, 6.07) is 2.40. The van der Waals surface area contributed by atoms with Crippen LogP contribution in [0.4, 0.5) is 5.82 Å². The summed E-state index contributed by atoms with van der Waals surface area (Å²) in [7, 11) is 4.25. The zero-order chi connectivity index (χ0) is 12.3. The summed E-state index contributed by atoms with van der Waals surface area (Å²) < 4.78 is 2.03. The minimum absolute atomic E-state index is 0.530. The number of nitrogens with zero attached hydrogens (tertiary/aromatic N) is 4. The highest BCUT2D eigenvalue weighted by atomic mass is 15.3. The second-order valence-corrected chi connectivity index (χ2v) is 5.10. The molecule has 0 spiro atoms. The Balaban J connectivity index is 1.78. The van der Waals surface area contributed by atoms with E-state index in [-0.39, 0.29) is 0 Å². The minimum Gasteiger partial charge on any atom is -0.382 e. The Morgan fingerprint density at radius 1 is 1.41 bits per heavy atom. The summed E-state index contributed by atoms with van der Waals surface area (Å²) in [4.78, 5) is 4.77. The van der Waals surface area contributed by atoms with Crippen molar-refractivity contribution in [3.8, 4) is 0 Å². The standard InChI is InChI=1S/C12H23N5/c1-15(2)9-10-16-6-3-11(4-7-16)17-8-5-12(13)14-17/h5,8,11H,3-4,6-7,9-10H2,1-2H3,(H2,13,14). The van der Waals surface area contributed by atoms with Gasteiger partial charge in [-0.2, -0.15) is 5.10 Å². The van der Waals surface area contributed by atoms with Crippen LogP contribution >= 0.6 is 0 Å². The molecule has 0 atom stereocenters. The number of hydrogen-bond acceptors (Lipinski definition) is 4. The molecule has 0 radical (unpaired) electrons. The lowest BCUT2D eigenvalue weighted by Crippen LogP contribution is -2.38. The first-order chi connectivity index (χ1) is 8.15. The molecule has 0 bridgehead atoms. The molecule has 1 aromatic rings. The minimum atomic E-state index is 0.530. The molecule has 2 heterocycles. The molecule has 0 unspecified atom stereocenters. The number of anilines is 1. The molecule has 2 rings (SSSR count). The van der Waals surface area contributed by atoms with Gasteiger partial charge in [-0.3, -0.25) is 4.68 Å². The van der Waals surface area contributed by atoms with E-state index in [1.165, 1.54) is 19.4 Å². The van der Waals surface area contributed by atoms with E-state index < -0.39 is 0 Å². The summed E-state index contributed by atoms with van der Waals surface area (Å²) in [5.74, 6) is 0.625. The molecular weight excluding hydrogens is 214 g/mol. The molecule has 5 heteroatoms. The molecule has 2 N–H and O–H groups in total. The lowest BCUT2D eigenvalue weighted by molar-refractivity contribution is 0.167. The van der Waals surface area contributed by atoms with E-state index in [0.717, 1.165) is 19.6 Å². The second-order valence-electron chi connectivity index (χ2n) is 5.10. The third kappa shape index (κ3) is 3.44. The zero-order valence-electron chi connectivity index (χ0n) is 10.8. The predicted molar refractivity (Wildman–Crippen MR) is 69.9 cm³/mol. The SMILES string of the molecule is CN(C)CCN1CCC(n2ccc(N)n2)CC1. The first-order valence-corrected chi connectivity index (χ1v) is 6.33. The number of aromatic nitrogens is 2. The molecule has 0 saturated carbocycles. The van der Waals surface area contributed by atoms with E-state index in [0.29, 0.717) is 11.9 Å². The molecule has 1 saturated heterocycles. The molecule has 5 nitrogen and oxygen atoms in total. The van der Waals surface area contributed by atoms with E-state index in [2.05, 4.69) is 29.0 Å². The lowest BCUT2D eigenvalue weighted by Gasteiger charge is -2.32. The van der Waals surface area contributed by atoms with Crippen molar-refractivity contribution >= 4 is 5.82 Å². The molecule has 1 aliphatic heterocycles. The summed E-state index contributed by atoms with van der Waals surface area (Å²) in [5, 5.41) is 4.30. The van der Waals surface area contributed by atoms with Gasteiger partial charge < -0.3 is 15.5 Å². The quantitative estimate of drug-likeness (QED) is 0.836. The maximum Gasteiger partial charge on any atom is 0.145 e. The molecule has 0 aromatic carbocycles. The van der Waals surface area contributed by atoms with E-state index in [1.807, 2.05) is 16.9 Å². The largest absolute Gasteiger partial charge is 0.382 e. The molecule has 96 valence electrons. The maximum atomic E-state index is 5.65. The molecule has 1 fully saturated rings. The van der Waals surface area contributed by atoms with Crippen LogP contribution in [-0.4, -0.2) is 59.9 Å². The van der Waals surface area contributed by atoms with E-state index in [9.17, 15) is 0 Å². The van der Waals surface area contributed by atoms with Gasteiger partial charge in [-0.1, -0.05) is 0 Å². The first-order valence-electron chi connectivity index (χ1n) is 6.33. The van der Waals surface area contributed by atoms with Crippen molar-refractivity contribution in [1.82, 2.24) is 19.6 Å². The highest BCUT2D eigenvalue weighted by molar-refractivity contribution is 5.24. The fourth-order valence-corrected chi connectivity index (χ4v) is 2.31. The summed E-state index contributed by atoms with van der Waals surface area (Å²) in [5.41, 5.74) is 5.65. The van der Waals surface area contributed by atoms with Crippen molar-refractivity contribution < 1.29 is 0 Å². The molecule has 0 amide bonds. The van der Waals surface area contributed by atoms with Gasteiger partial charge in [-0.25, -0.2) is 0 Å². The van der Waals surface area contributed by atoms with Crippen molar-refractivity contribution in [3.05, 3.63) is 12.3 Å². The van der Waals surface area contributed by atoms with Crippen LogP contribution in [0.2, 0.25) is 0 Å². The Hall–Kier alpha value is -1.07. The Morgan fingerprint density at radius 2 is 2.12 bits per heavy atom. The smallest absolute Gasteiger partial charge is 0.145 e. The molecule has 1 aromatic heterocycles. The molecule has 0 aliphatic carbocycles. The highest BCUT2D eigenvalue weighted by Crippen LogP contribution is 2.21. The van der Waals surface area contributed by atoms with Gasteiger partial charge in [0.2, 0.25) is 0 Å². The summed E-state index contributed by atoms with van der Waals surface area (Å²) in [6.07, 6.45) is 4.35. The van der Waals surface area contributed by atoms with E-state index in [4.69, 9.17) is 5.73 Å². The van der Waals surface area contributed by atoms with Gasteiger partial charge in [0, 0.05) is 32.4 Å². The number of nitrogens with two attached hydrogens (primary N) is 1. The van der Waals surface area contributed by atoms with Crippen LogP contribution in [-0.2, 0) is 0 Å². The third-order valence-electron chi connectivity index (χ3n) is 3.42. The van der Waals surface area contributed by atoms with Crippen molar-refractivity contribution in [2.75, 3.05) is 46.0 Å². The van der Waals surface area contributed by atoms with Crippen LogP contribution in [0.5, 0.6) is 0 Å². The maximum absolute atomic E-state index is 5.65. The van der Waals surface area contributed by atoms with E-state index >= 15 is 0 Å². The topological polar surface area (TPSA) is 50.3 Å². The Kier molecular flexibility index (Phi) is 4.02. The molecular formula is C12H23N5. The van der Waals surface area contributed by atoms with Crippen molar-refractivity contribution in [2.45, 2.75) is 18.9 Å². The Labute approximate surface area is 103 Å². The van der Waals surface area contributed by atoms with Crippen molar-refractivity contribution in [1.29, 1.82) is 0 Å². The van der Waals surface area contributed by atoms with Gasteiger partial charge in [0.25, 0.3) is 0 Å². The van der Waals surface area contributed by atoms with Crippen LogP contribution < -0.4 is 5.73 Å². The summed E-state index contributed by atoms with van der Waals surface area (Å²) >= 11 is 0. The molecule has 17 heavy (non-hydrogen) atoms. The van der Waals surface area contributed by atoms with Gasteiger partial charge in [0.05, 0.1) is 6.04 Å². The van der Waals surface area contributed by atoms with Gasteiger partial charge >= 0.3 is 0 Å². The number of rotatable bonds is 4. The zero-order valence-corrected chi connectivity index (χ0v) is 10.8. The van der Waals surface area contributed by atoms with Crippen molar-refractivity contribution in [2.24, 2.45) is 0 Å². The second kappa shape index (κ2) is 5.51. The van der Waals surface area contributed by atoms with Gasteiger partial charge in [0.1, 0.15) is 5.82 Å². The average molecular weight is 237 g/mol. The Morgan fingerprint density at radius 3 is 2.65 bits per heavy atom. The normalized spacial score (nSPS) is 19.0. The van der Waals surface area contributed by atoms with Gasteiger partial charge in [0.15, 0.2) is 0 Å². The van der Waals surface area contributed by atoms with Gasteiger partial charge in [-0.15, -0.1) is 0 Å². The van der Waals surface area contributed by atoms with Crippen LogP contribution in [0.25, 0.3) is 0 Å². The highest BCUT2D eigenvalue weighted by Gasteiger charge is 2.20.